The van der Waals surface area contributed by atoms with E-state index in [0.717, 1.165) is 35.7 Å². The maximum absolute atomic E-state index is 14.3. The topological polar surface area (TPSA) is 66.1 Å². The molecule has 3 aromatic carbocycles. The minimum absolute atomic E-state index is 0.0736. The third-order valence-electron chi connectivity index (χ3n) is 6.46. The van der Waals surface area contributed by atoms with Crippen LogP contribution >= 0.6 is 0 Å². The number of rotatable bonds is 6. The molecule has 1 fully saturated rings. The lowest BCUT2D eigenvalue weighted by Gasteiger charge is -2.40. The summed E-state index contributed by atoms with van der Waals surface area (Å²) in [5.74, 6) is 1.23. The smallest absolute Gasteiger partial charge is 0.319 e. The van der Waals surface area contributed by atoms with Crippen molar-refractivity contribution in [2.75, 3.05) is 49.7 Å². The molecule has 0 radical (unpaired) electrons. The van der Waals surface area contributed by atoms with Crippen LogP contribution in [-0.2, 0) is 0 Å². The lowest BCUT2D eigenvalue weighted by molar-refractivity contribution is 0.173. The fraction of sp³-hybridized carbons (Fsp3) is 0.296. The molecule has 2 amide bonds. The van der Waals surface area contributed by atoms with E-state index >= 15 is 0 Å². The molecule has 1 atom stereocenters. The molecule has 0 bridgehead atoms. The van der Waals surface area contributed by atoms with Gasteiger partial charge in [-0.15, -0.1) is 0 Å². The second-order valence-electron chi connectivity index (χ2n) is 8.81. The molecule has 2 heterocycles. The first-order valence-electron chi connectivity index (χ1n) is 11.8. The number of carbonyl (C=O) groups excluding carboxylic acids is 1. The minimum Gasteiger partial charge on any atom is -0.454 e. The zero-order valence-corrected chi connectivity index (χ0v) is 19.7. The van der Waals surface area contributed by atoms with Gasteiger partial charge in [0.15, 0.2) is 11.5 Å². The molecular weight excluding hydrogens is 447 g/mol. The Morgan fingerprint density at radius 2 is 1.77 bits per heavy atom. The molecule has 1 saturated heterocycles. The number of benzene rings is 3. The van der Waals surface area contributed by atoms with Crippen LogP contribution in [-0.4, -0.2) is 50.4 Å². The number of hydrogen-bond acceptors (Lipinski definition) is 5. The van der Waals surface area contributed by atoms with Crippen LogP contribution < -0.4 is 25.0 Å². The van der Waals surface area contributed by atoms with Gasteiger partial charge in [-0.05, 0) is 54.4 Å². The number of urea groups is 1. The lowest BCUT2D eigenvalue weighted by atomic mass is 10.0. The summed E-state index contributed by atoms with van der Waals surface area (Å²) >= 11 is 0. The van der Waals surface area contributed by atoms with Crippen molar-refractivity contribution in [2.24, 2.45) is 0 Å². The van der Waals surface area contributed by atoms with Crippen molar-refractivity contribution in [3.05, 3.63) is 83.7 Å². The van der Waals surface area contributed by atoms with Gasteiger partial charge in [-0.2, -0.15) is 0 Å². The number of nitrogens with zero attached hydrogens (tertiary/aromatic N) is 2. The van der Waals surface area contributed by atoms with Crippen LogP contribution in [0.15, 0.2) is 66.7 Å². The monoisotopic (exact) mass is 476 g/mol. The Morgan fingerprint density at radius 3 is 2.57 bits per heavy atom. The molecule has 2 aliphatic rings. The molecule has 5 rings (SSSR count). The third-order valence-corrected chi connectivity index (χ3v) is 6.46. The average Bonchev–Trinajstić information content (AvgIpc) is 3.33. The Bertz CT molecular complexity index is 1200. The number of fused-ring (bicyclic) bond motifs is 1. The summed E-state index contributed by atoms with van der Waals surface area (Å²) in [6.07, 6.45) is 0. The normalized spacial score (nSPS) is 16.1. The van der Waals surface area contributed by atoms with E-state index in [4.69, 9.17) is 9.47 Å². The van der Waals surface area contributed by atoms with Gasteiger partial charge in [0.05, 0.1) is 11.7 Å². The quantitative estimate of drug-likeness (QED) is 0.547. The van der Waals surface area contributed by atoms with E-state index in [1.807, 2.05) is 61.5 Å². The number of piperazine rings is 1. The van der Waals surface area contributed by atoms with Crippen molar-refractivity contribution in [3.63, 3.8) is 0 Å². The Kier molecular flexibility index (Phi) is 6.72. The van der Waals surface area contributed by atoms with Crippen molar-refractivity contribution in [1.82, 2.24) is 10.2 Å². The van der Waals surface area contributed by atoms with Gasteiger partial charge in [0.25, 0.3) is 0 Å². The number of para-hydroxylation sites is 1. The summed E-state index contributed by atoms with van der Waals surface area (Å²) in [7, 11) is 0. The number of hydrogen-bond donors (Lipinski definition) is 2. The highest BCUT2D eigenvalue weighted by Gasteiger charge is 2.28. The van der Waals surface area contributed by atoms with Crippen molar-refractivity contribution in [1.29, 1.82) is 0 Å². The highest BCUT2D eigenvalue weighted by molar-refractivity contribution is 5.89. The van der Waals surface area contributed by atoms with E-state index in [2.05, 4.69) is 20.4 Å². The molecule has 0 saturated carbocycles. The van der Waals surface area contributed by atoms with Gasteiger partial charge in [-0.3, -0.25) is 4.90 Å². The highest BCUT2D eigenvalue weighted by Crippen LogP contribution is 2.36. The van der Waals surface area contributed by atoms with E-state index in [1.54, 1.807) is 6.07 Å². The van der Waals surface area contributed by atoms with Gasteiger partial charge in [0, 0.05) is 38.4 Å². The highest BCUT2D eigenvalue weighted by atomic mass is 19.1. The predicted molar refractivity (Wildman–Crippen MR) is 134 cm³/mol. The standard InChI is InChI=1S/C27H29FN4O3/c1-19-5-4-6-21(15-19)30-27(33)29-17-24(20-9-10-25-26(16-20)35-18-34-25)32-13-11-31(12-14-32)23-8-3-2-7-22(23)28/h2-10,15-16,24H,11-14,17-18H2,1H3,(H2,29,30,33). The lowest BCUT2D eigenvalue weighted by Crippen LogP contribution is -2.50. The fourth-order valence-electron chi connectivity index (χ4n) is 4.65. The van der Waals surface area contributed by atoms with Gasteiger partial charge in [-0.25, -0.2) is 9.18 Å². The zero-order chi connectivity index (χ0) is 24.2. The summed E-state index contributed by atoms with van der Waals surface area (Å²) in [6.45, 7) is 5.46. The van der Waals surface area contributed by atoms with Crippen LogP contribution in [0.3, 0.4) is 0 Å². The second-order valence-corrected chi connectivity index (χ2v) is 8.81. The third kappa shape index (κ3) is 5.33. The fourth-order valence-corrected chi connectivity index (χ4v) is 4.65. The van der Waals surface area contributed by atoms with Crippen LogP contribution in [0.1, 0.15) is 17.2 Å². The molecule has 2 N–H and O–H groups in total. The number of aryl methyl sites for hydroxylation is 1. The summed E-state index contributed by atoms with van der Waals surface area (Å²) in [5, 5.41) is 5.93. The Labute approximate surface area is 204 Å². The van der Waals surface area contributed by atoms with Crippen LogP contribution in [0, 0.1) is 12.7 Å². The molecule has 1 unspecified atom stereocenters. The van der Waals surface area contributed by atoms with Gasteiger partial charge in [-0.1, -0.05) is 30.3 Å². The number of ether oxygens (including phenoxy) is 2. The van der Waals surface area contributed by atoms with Gasteiger partial charge >= 0.3 is 6.03 Å². The summed E-state index contributed by atoms with van der Waals surface area (Å²) in [6, 6.07) is 20.1. The van der Waals surface area contributed by atoms with Crippen LogP contribution in [0.4, 0.5) is 20.6 Å². The van der Waals surface area contributed by atoms with Crippen LogP contribution in [0.5, 0.6) is 11.5 Å². The summed E-state index contributed by atoms with van der Waals surface area (Å²) in [5.41, 5.74) is 3.49. The van der Waals surface area contributed by atoms with Crippen LogP contribution in [0.2, 0.25) is 0 Å². The Morgan fingerprint density at radius 1 is 0.971 bits per heavy atom. The number of anilines is 2. The molecule has 3 aromatic rings. The van der Waals surface area contributed by atoms with E-state index < -0.39 is 0 Å². The minimum atomic E-state index is -0.258. The molecule has 35 heavy (non-hydrogen) atoms. The van der Waals surface area contributed by atoms with Gasteiger partial charge in [0.2, 0.25) is 6.79 Å². The van der Waals surface area contributed by atoms with E-state index in [9.17, 15) is 9.18 Å². The second kappa shape index (κ2) is 10.2. The van der Waals surface area contributed by atoms with Gasteiger partial charge in [0.1, 0.15) is 5.82 Å². The van der Waals surface area contributed by atoms with Crippen molar-refractivity contribution >= 4 is 17.4 Å². The molecule has 182 valence electrons. The van der Waals surface area contributed by atoms with E-state index in [-0.39, 0.29) is 24.7 Å². The Hall–Kier alpha value is -3.78. The number of halogens is 1. The van der Waals surface area contributed by atoms with E-state index in [0.29, 0.717) is 31.1 Å². The Balaban J connectivity index is 1.29. The molecule has 2 aliphatic heterocycles. The molecule has 8 heteroatoms. The van der Waals surface area contributed by atoms with Crippen LogP contribution in [0.25, 0.3) is 0 Å². The van der Waals surface area contributed by atoms with Crippen molar-refractivity contribution < 1.29 is 18.7 Å². The maximum Gasteiger partial charge on any atom is 0.319 e. The molecule has 7 nitrogen and oxygen atoms in total. The number of nitrogens with one attached hydrogen (secondary N) is 2. The van der Waals surface area contributed by atoms with Crippen molar-refractivity contribution in [3.8, 4) is 11.5 Å². The SMILES string of the molecule is Cc1cccc(NC(=O)NCC(c2ccc3c(c2)OCO3)N2CCN(c3ccccc3F)CC2)c1. The number of carbonyl (C=O) groups is 1. The molecular formula is C27H29FN4O3. The van der Waals surface area contributed by atoms with E-state index in [1.165, 1.54) is 6.07 Å². The summed E-state index contributed by atoms with van der Waals surface area (Å²) < 4.78 is 25.4. The first kappa shape index (κ1) is 23.0. The first-order valence-corrected chi connectivity index (χ1v) is 11.8. The summed E-state index contributed by atoms with van der Waals surface area (Å²) in [4.78, 5) is 17.1. The molecule has 0 aliphatic carbocycles. The largest absolute Gasteiger partial charge is 0.454 e. The zero-order valence-electron chi connectivity index (χ0n) is 19.7. The predicted octanol–water partition coefficient (Wildman–Crippen LogP) is 4.55. The average molecular weight is 477 g/mol. The van der Waals surface area contributed by atoms with Gasteiger partial charge < -0.3 is 25.0 Å². The maximum atomic E-state index is 14.3. The first-order chi connectivity index (χ1) is 17.1. The number of amides is 2. The molecule has 0 spiro atoms. The van der Waals surface area contributed by atoms with Crippen molar-refractivity contribution in [2.45, 2.75) is 13.0 Å². The molecule has 0 aromatic heterocycles.